The van der Waals surface area contributed by atoms with Crippen LogP contribution in [-0.4, -0.2) is 9.78 Å². The minimum atomic E-state index is -0.0786. The van der Waals surface area contributed by atoms with E-state index < -0.39 is 0 Å². The van der Waals surface area contributed by atoms with E-state index in [1.54, 1.807) is 0 Å². The second-order valence-electron chi connectivity index (χ2n) is 6.41. The third kappa shape index (κ3) is 3.56. The summed E-state index contributed by atoms with van der Waals surface area (Å²) in [5, 5.41) is 4.83. The van der Waals surface area contributed by atoms with E-state index in [0.717, 1.165) is 26.0 Å². The molecule has 0 aliphatic carbocycles. The van der Waals surface area contributed by atoms with Crippen LogP contribution in [0, 0.1) is 0 Å². The van der Waals surface area contributed by atoms with E-state index in [9.17, 15) is 0 Å². The third-order valence-electron chi connectivity index (χ3n) is 3.55. The Hall–Kier alpha value is -1.46. The molecule has 0 atom stereocenters. The first-order valence-corrected chi connectivity index (χ1v) is 8.97. The molecular formula is C18H18Br2N3+. The predicted octanol–water partition coefficient (Wildman–Crippen LogP) is 5.11. The summed E-state index contributed by atoms with van der Waals surface area (Å²) in [7, 11) is 0. The maximum atomic E-state index is 4.83. The van der Waals surface area contributed by atoms with Crippen LogP contribution in [0.2, 0.25) is 0 Å². The Balaban J connectivity index is 2.18. The Morgan fingerprint density at radius 1 is 0.870 bits per heavy atom. The molecule has 1 heterocycles. The number of hydrogen-bond donors (Lipinski definition) is 0. The number of halogens is 2. The predicted molar refractivity (Wildman–Crippen MR) is 99.6 cm³/mol. The van der Waals surface area contributed by atoms with Crippen LogP contribution in [0.25, 0.3) is 17.1 Å². The Morgan fingerprint density at radius 2 is 1.39 bits per heavy atom. The molecule has 0 aliphatic rings. The van der Waals surface area contributed by atoms with Crippen LogP contribution in [0.15, 0.2) is 63.8 Å². The lowest BCUT2D eigenvalue weighted by molar-refractivity contribution is -0.585. The van der Waals surface area contributed by atoms with Crippen molar-refractivity contribution in [1.82, 2.24) is 9.78 Å². The first kappa shape index (κ1) is 16.4. The van der Waals surface area contributed by atoms with Gasteiger partial charge in [-0.25, -0.2) is 0 Å². The van der Waals surface area contributed by atoms with E-state index in [-0.39, 0.29) is 5.54 Å². The van der Waals surface area contributed by atoms with Crippen LogP contribution >= 0.6 is 31.9 Å². The van der Waals surface area contributed by atoms with Crippen LogP contribution in [-0.2, 0) is 5.54 Å². The fourth-order valence-electron chi connectivity index (χ4n) is 2.25. The molecule has 0 radical (unpaired) electrons. The molecule has 0 unspecified atom stereocenters. The largest absolute Gasteiger partial charge is 0.313 e. The maximum Gasteiger partial charge on any atom is 0.313 e. The number of benzene rings is 2. The first-order valence-electron chi connectivity index (χ1n) is 7.38. The van der Waals surface area contributed by atoms with Crippen LogP contribution < -0.4 is 4.57 Å². The van der Waals surface area contributed by atoms with Gasteiger partial charge in [0.15, 0.2) is 0 Å². The van der Waals surface area contributed by atoms with Gasteiger partial charge in [0, 0.05) is 14.0 Å². The SMILES string of the molecule is CC(C)(C)n1c[n+](-c2ccc(Br)cc2)c(-c2ccc(Br)cc2)n1. The summed E-state index contributed by atoms with van der Waals surface area (Å²) in [4.78, 5) is 0. The van der Waals surface area contributed by atoms with Crippen molar-refractivity contribution in [2.24, 2.45) is 0 Å². The second-order valence-corrected chi connectivity index (χ2v) is 8.24. The fourth-order valence-corrected chi connectivity index (χ4v) is 2.78. The summed E-state index contributed by atoms with van der Waals surface area (Å²) in [5.41, 5.74) is 2.09. The van der Waals surface area contributed by atoms with Crippen molar-refractivity contribution in [3.05, 3.63) is 63.8 Å². The average Bonchev–Trinajstić information content (AvgIpc) is 2.94. The number of rotatable bonds is 2. The molecule has 118 valence electrons. The highest BCUT2D eigenvalue weighted by molar-refractivity contribution is 9.10. The van der Waals surface area contributed by atoms with Gasteiger partial charge in [-0.15, -0.1) is 4.68 Å². The summed E-state index contributed by atoms with van der Waals surface area (Å²) in [6.45, 7) is 6.45. The molecule has 3 rings (SSSR count). The van der Waals surface area contributed by atoms with Gasteiger partial charge in [0.2, 0.25) is 6.33 Å². The van der Waals surface area contributed by atoms with Gasteiger partial charge >= 0.3 is 5.82 Å². The zero-order valence-corrected chi connectivity index (χ0v) is 16.5. The highest BCUT2D eigenvalue weighted by Crippen LogP contribution is 2.21. The molecule has 23 heavy (non-hydrogen) atoms. The zero-order chi connectivity index (χ0) is 16.6. The first-order chi connectivity index (χ1) is 10.8. The standard InChI is InChI=1S/C18H18Br2N3/c1-18(2,3)23-12-22(16-10-8-15(20)9-11-16)17(21-23)13-4-6-14(19)7-5-13/h4-12H,1-3H3/q+1. The normalized spacial score (nSPS) is 11.7. The van der Waals surface area contributed by atoms with E-state index in [4.69, 9.17) is 5.10 Å². The van der Waals surface area contributed by atoms with Crippen molar-refractivity contribution < 1.29 is 4.57 Å². The second kappa shape index (κ2) is 6.21. The smallest absolute Gasteiger partial charge is 0.196 e. The van der Waals surface area contributed by atoms with Crippen molar-refractivity contribution in [1.29, 1.82) is 0 Å². The summed E-state index contributed by atoms with van der Waals surface area (Å²) in [5.74, 6) is 0.926. The minimum absolute atomic E-state index is 0.0786. The van der Waals surface area contributed by atoms with Gasteiger partial charge in [-0.3, -0.25) is 0 Å². The molecule has 0 aliphatic heterocycles. The van der Waals surface area contributed by atoms with E-state index in [2.05, 4.69) is 87.8 Å². The molecule has 5 heteroatoms. The van der Waals surface area contributed by atoms with Gasteiger partial charge in [0.25, 0.3) is 0 Å². The molecule has 0 N–H and O–H groups in total. The highest BCUT2D eigenvalue weighted by atomic mass is 79.9. The quantitative estimate of drug-likeness (QED) is 0.512. The Bertz CT molecular complexity index is 750. The van der Waals surface area contributed by atoms with Gasteiger partial charge in [-0.05, 0) is 69.3 Å². The molecule has 3 aromatic rings. The molecule has 0 bridgehead atoms. The summed E-state index contributed by atoms with van der Waals surface area (Å²) < 4.78 is 6.26. The lowest BCUT2D eigenvalue weighted by Crippen LogP contribution is -2.32. The van der Waals surface area contributed by atoms with E-state index in [1.165, 1.54) is 0 Å². The minimum Gasteiger partial charge on any atom is -0.196 e. The molecule has 0 spiro atoms. The molecule has 0 saturated carbocycles. The number of nitrogens with zero attached hydrogens (tertiary/aromatic N) is 3. The van der Waals surface area contributed by atoms with E-state index in [1.807, 2.05) is 28.9 Å². The summed E-state index contributed by atoms with van der Waals surface area (Å²) in [6.07, 6.45) is 2.06. The van der Waals surface area contributed by atoms with Gasteiger partial charge in [-0.2, -0.15) is 4.57 Å². The zero-order valence-electron chi connectivity index (χ0n) is 13.3. The molecule has 0 fully saturated rings. The molecule has 0 amide bonds. The summed E-state index contributed by atoms with van der Waals surface area (Å²) in [6, 6.07) is 16.5. The van der Waals surface area contributed by atoms with Crippen molar-refractivity contribution in [2.75, 3.05) is 0 Å². The molecular weight excluding hydrogens is 418 g/mol. The van der Waals surface area contributed by atoms with Crippen molar-refractivity contribution in [3.8, 4) is 17.1 Å². The van der Waals surface area contributed by atoms with Crippen LogP contribution in [0.3, 0.4) is 0 Å². The molecule has 1 aromatic heterocycles. The lowest BCUT2D eigenvalue weighted by Gasteiger charge is -2.10. The number of aromatic nitrogens is 3. The Kier molecular flexibility index (Phi) is 4.43. The fraction of sp³-hybridized carbons (Fsp3) is 0.222. The van der Waals surface area contributed by atoms with Gasteiger partial charge in [0.05, 0.1) is 5.56 Å². The average molecular weight is 436 g/mol. The molecule has 0 saturated heterocycles. The third-order valence-corrected chi connectivity index (χ3v) is 4.61. The summed E-state index contributed by atoms with van der Waals surface area (Å²) >= 11 is 6.98. The monoisotopic (exact) mass is 434 g/mol. The van der Waals surface area contributed by atoms with Crippen molar-refractivity contribution in [3.63, 3.8) is 0 Å². The lowest BCUT2D eigenvalue weighted by atomic mass is 10.1. The van der Waals surface area contributed by atoms with E-state index >= 15 is 0 Å². The highest BCUT2D eigenvalue weighted by Gasteiger charge is 2.27. The van der Waals surface area contributed by atoms with Gasteiger partial charge < -0.3 is 0 Å². The van der Waals surface area contributed by atoms with E-state index in [0.29, 0.717) is 0 Å². The van der Waals surface area contributed by atoms with Crippen molar-refractivity contribution >= 4 is 31.9 Å². The maximum absolute atomic E-state index is 4.83. The van der Waals surface area contributed by atoms with Crippen molar-refractivity contribution in [2.45, 2.75) is 26.3 Å². The Morgan fingerprint density at radius 3 is 1.91 bits per heavy atom. The molecule has 3 nitrogen and oxygen atoms in total. The number of hydrogen-bond acceptors (Lipinski definition) is 1. The van der Waals surface area contributed by atoms with Crippen LogP contribution in [0.4, 0.5) is 0 Å². The molecule has 2 aromatic carbocycles. The topological polar surface area (TPSA) is 21.7 Å². The Labute approximate surface area is 153 Å². The van der Waals surface area contributed by atoms with Gasteiger partial charge in [0.1, 0.15) is 11.2 Å². The van der Waals surface area contributed by atoms with Crippen LogP contribution in [0.1, 0.15) is 20.8 Å². The van der Waals surface area contributed by atoms with Gasteiger partial charge in [-0.1, -0.05) is 31.9 Å². The van der Waals surface area contributed by atoms with Crippen LogP contribution in [0.5, 0.6) is 0 Å².